The van der Waals surface area contributed by atoms with Crippen molar-refractivity contribution in [2.45, 2.75) is 40.2 Å². The van der Waals surface area contributed by atoms with Gasteiger partial charge in [-0.2, -0.15) is 0 Å². The van der Waals surface area contributed by atoms with Crippen molar-refractivity contribution >= 4 is 39.5 Å². The number of phenolic OH excluding ortho intramolecular Hbond substituents is 2. The van der Waals surface area contributed by atoms with E-state index in [9.17, 15) is 19.8 Å². The van der Waals surface area contributed by atoms with E-state index in [0.29, 0.717) is 45.3 Å². The number of ether oxygens (including phenoxy) is 3. The largest absolute Gasteiger partial charge is 0.504 e. The molecule has 9 heteroatoms. The lowest BCUT2D eigenvalue weighted by atomic mass is 9.69. The molecule has 1 aliphatic carbocycles. The monoisotopic (exact) mass is 605 g/mol. The Balaban J connectivity index is 1.34. The third-order valence-corrected chi connectivity index (χ3v) is 8.66. The number of phenols is 2. The van der Waals surface area contributed by atoms with Crippen LogP contribution in [0.3, 0.4) is 0 Å². The van der Waals surface area contributed by atoms with Gasteiger partial charge in [0.15, 0.2) is 23.0 Å². The fourth-order valence-corrected chi connectivity index (χ4v) is 6.16. The Morgan fingerprint density at radius 1 is 0.978 bits per heavy atom. The summed E-state index contributed by atoms with van der Waals surface area (Å²) in [4.78, 5) is 31.5. The van der Waals surface area contributed by atoms with Crippen LogP contribution in [-0.2, 0) is 17.8 Å². The van der Waals surface area contributed by atoms with Crippen molar-refractivity contribution in [2.24, 2.45) is 11.3 Å². The predicted molar refractivity (Wildman–Crippen MR) is 168 cm³/mol. The summed E-state index contributed by atoms with van der Waals surface area (Å²) in [6, 6.07) is 17.0. The fraction of sp³-hybridized carbons (Fsp3) is 0.250. The van der Waals surface area contributed by atoms with E-state index in [1.54, 1.807) is 0 Å². The van der Waals surface area contributed by atoms with Crippen molar-refractivity contribution in [3.63, 3.8) is 0 Å². The number of rotatable bonds is 4. The van der Waals surface area contributed by atoms with E-state index in [1.807, 2.05) is 42.5 Å². The molecular weight excluding hydrogens is 574 g/mol. The molecule has 3 aromatic carbocycles. The van der Waals surface area contributed by atoms with Crippen molar-refractivity contribution in [2.75, 3.05) is 6.79 Å². The van der Waals surface area contributed by atoms with Gasteiger partial charge in [-0.15, -0.1) is 0 Å². The van der Waals surface area contributed by atoms with E-state index in [1.165, 1.54) is 12.1 Å². The van der Waals surface area contributed by atoms with Crippen LogP contribution in [0, 0.1) is 11.3 Å². The Kier molecular flexibility index (Phi) is 6.76. The molecule has 1 atom stereocenters. The Morgan fingerprint density at radius 2 is 1.76 bits per heavy atom. The second kappa shape index (κ2) is 10.7. The van der Waals surface area contributed by atoms with Gasteiger partial charge in [0.25, 0.3) is 0 Å². The molecule has 0 saturated heterocycles. The summed E-state index contributed by atoms with van der Waals surface area (Å²) in [5, 5.41) is 21.0. The summed E-state index contributed by atoms with van der Waals surface area (Å²) in [6.07, 6.45) is 3.50. The van der Waals surface area contributed by atoms with Gasteiger partial charge in [-0.3, -0.25) is 0 Å². The summed E-state index contributed by atoms with van der Waals surface area (Å²) >= 11 is 0. The lowest BCUT2D eigenvalue weighted by Crippen LogP contribution is -2.28. The number of pyridine rings is 1. The molecule has 1 unspecified atom stereocenters. The first-order valence-electron chi connectivity index (χ1n) is 14.7. The molecule has 2 aromatic heterocycles. The number of esters is 1. The molecule has 2 aliphatic rings. The maximum absolute atomic E-state index is 14.1. The van der Waals surface area contributed by atoms with Crippen LogP contribution in [0.5, 0.6) is 23.0 Å². The maximum Gasteiger partial charge on any atom is 0.339 e. The van der Waals surface area contributed by atoms with Crippen LogP contribution in [0.2, 0.25) is 0 Å². The van der Waals surface area contributed by atoms with Crippen molar-refractivity contribution in [1.29, 1.82) is 0 Å². The molecule has 2 N–H and O–H groups in total. The molecule has 7 rings (SSSR count). The summed E-state index contributed by atoms with van der Waals surface area (Å²) in [5.74, 6) is 0.249. The second-order valence-electron chi connectivity index (χ2n) is 12.6. The molecule has 45 heavy (non-hydrogen) atoms. The smallest absolute Gasteiger partial charge is 0.339 e. The van der Waals surface area contributed by atoms with Crippen LogP contribution in [-0.4, -0.2) is 28.0 Å². The molecule has 228 valence electrons. The number of nitrogens with zero attached hydrogens (tertiary/aromatic N) is 1. The van der Waals surface area contributed by atoms with E-state index in [0.717, 1.165) is 34.9 Å². The topological polar surface area (TPSA) is 128 Å². The van der Waals surface area contributed by atoms with Crippen molar-refractivity contribution in [3.8, 4) is 23.0 Å². The second-order valence-corrected chi connectivity index (χ2v) is 12.6. The Hall–Kier alpha value is -5.31. The zero-order valence-electron chi connectivity index (χ0n) is 25.0. The van der Waals surface area contributed by atoms with Gasteiger partial charge in [-0.25, -0.2) is 14.6 Å². The number of benzene rings is 3. The molecular formula is C36H31NO8. The van der Waals surface area contributed by atoms with Gasteiger partial charge in [-0.05, 0) is 71.2 Å². The molecule has 0 amide bonds. The number of hydrogen-bond acceptors (Lipinski definition) is 9. The molecule has 9 nitrogen and oxygen atoms in total. The highest BCUT2D eigenvalue weighted by atomic mass is 16.7. The fourth-order valence-electron chi connectivity index (χ4n) is 6.16. The maximum atomic E-state index is 14.1. The number of hydrogen-bond donors (Lipinski definition) is 2. The van der Waals surface area contributed by atoms with Crippen LogP contribution in [0.1, 0.15) is 59.9 Å². The average Bonchev–Trinajstić information content (AvgIpc) is 3.47. The van der Waals surface area contributed by atoms with Crippen molar-refractivity contribution < 1.29 is 33.6 Å². The highest BCUT2D eigenvalue weighted by Gasteiger charge is 2.35. The number of fused-ring (bicyclic) bond motifs is 4. The number of aromatic hydroxyl groups is 2. The number of carbonyl (C=O) groups is 1. The predicted octanol–water partition coefficient (Wildman–Crippen LogP) is 6.99. The third kappa shape index (κ3) is 5.24. The summed E-state index contributed by atoms with van der Waals surface area (Å²) in [7, 11) is 0. The van der Waals surface area contributed by atoms with Gasteiger partial charge in [0.1, 0.15) is 12.2 Å². The van der Waals surface area contributed by atoms with E-state index in [4.69, 9.17) is 23.6 Å². The summed E-state index contributed by atoms with van der Waals surface area (Å²) in [5.41, 5.74) is 4.31. The number of carbonyl (C=O) groups excluding carboxylic acids is 1. The minimum absolute atomic E-state index is 0.0664. The average molecular weight is 606 g/mol. The van der Waals surface area contributed by atoms with E-state index in [2.05, 4.69) is 26.8 Å². The van der Waals surface area contributed by atoms with Crippen LogP contribution >= 0.6 is 0 Å². The lowest BCUT2D eigenvalue weighted by molar-refractivity contribution is 0.0473. The van der Waals surface area contributed by atoms with E-state index >= 15 is 0 Å². The quantitative estimate of drug-likeness (QED) is 0.127. The van der Waals surface area contributed by atoms with Crippen molar-refractivity contribution in [1.82, 2.24) is 4.98 Å². The molecule has 0 bridgehead atoms. The Morgan fingerprint density at radius 3 is 2.58 bits per heavy atom. The van der Waals surface area contributed by atoms with Gasteiger partial charge >= 0.3 is 11.6 Å². The molecule has 3 heterocycles. The van der Waals surface area contributed by atoms with Crippen molar-refractivity contribution in [3.05, 3.63) is 99.0 Å². The molecule has 0 radical (unpaired) electrons. The SMILES string of the molecule is CC(C)(C)C1C/C(=C\c2ccc3c(c2)OCO3)c2nc3ccccc3c(C(=O)OCc3cc(=O)oc4cc(O)c(O)cc34)c2C1. The minimum Gasteiger partial charge on any atom is -0.504 e. The number of aromatic nitrogens is 1. The highest BCUT2D eigenvalue weighted by Crippen LogP contribution is 2.45. The van der Waals surface area contributed by atoms with Gasteiger partial charge in [0.05, 0.1) is 16.8 Å². The normalized spacial score (nSPS) is 16.7. The van der Waals surface area contributed by atoms with Gasteiger partial charge in [0, 0.05) is 28.5 Å². The lowest BCUT2D eigenvalue weighted by Gasteiger charge is -2.36. The zero-order valence-corrected chi connectivity index (χ0v) is 25.0. The van der Waals surface area contributed by atoms with Gasteiger partial charge in [0.2, 0.25) is 6.79 Å². The van der Waals surface area contributed by atoms with Crippen LogP contribution in [0.15, 0.2) is 69.9 Å². The van der Waals surface area contributed by atoms with Gasteiger partial charge < -0.3 is 28.8 Å². The highest BCUT2D eigenvalue weighted by molar-refractivity contribution is 6.07. The van der Waals surface area contributed by atoms with Crippen LogP contribution < -0.4 is 15.1 Å². The zero-order chi connectivity index (χ0) is 31.5. The minimum atomic E-state index is -0.670. The van der Waals surface area contributed by atoms with E-state index < -0.39 is 17.3 Å². The number of para-hydroxylation sites is 1. The molecule has 0 saturated carbocycles. The first-order valence-corrected chi connectivity index (χ1v) is 14.7. The van der Waals surface area contributed by atoms with Gasteiger partial charge in [-0.1, -0.05) is 45.0 Å². The molecule has 1 aliphatic heterocycles. The first kappa shape index (κ1) is 28.5. The summed E-state index contributed by atoms with van der Waals surface area (Å²) < 4.78 is 22.2. The Bertz CT molecular complexity index is 2100. The third-order valence-electron chi connectivity index (χ3n) is 8.66. The standard InChI is InChI=1S/C36H31NO8/c1-36(2,3)22-12-20(10-19-8-9-29-31(11-19)44-18-43-29)34-25(14-22)33(23-6-4-5-7-26(23)37-34)35(41)42-17-21-13-32(40)45-30-16-28(39)27(38)15-24(21)30/h4-11,13,15-16,22,38-39H,12,14,17-18H2,1-3H3/b20-10+. The summed E-state index contributed by atoms with van der Waals surface area (Å²) in [6.45, 7) is 6.54. The molecule has 0 fully saturated rings. The van der Waals surface area contributed by atoms with Crippen LogP contribution in [0.25, 0.3) is 33.5 Å². The van der Waals surface area contributed by atoms with Crippen LogP contribution in [0.4, 0.5) is 0 Å². The van der Waals surface area contributed by atoms with E-state index in [-0.39, 0.29) is 36.1 Å². The first-order chi connectivity index (χ1) is 21.5. The molecule has 0 spiro atoms. The molecule has 5 aromatic rings. The number of allylic oxidation sites excluding steroid dienone is 1. The Labute approximate surface area is 258 Å².